The molecule has 3 heteroatoms. The van der Waals surface area contributed by atoms with E-state index >= 15 is 0 Å². The quantitative estimate of drug-likeness (QED) is 0.708. The van der Waals surface area contributed by atoms with Gasteiger partial charge in [-0.1, -0.05) is 32.0 Å². The number of thiophene rings is 1. The zero-order valence-corrected chi connectivity index (χ0v) is 10.7. The summed E-state index contributed by atoms with van der Waals surface area (Å²) in [5.74, 6) is 0.487. The summed E-state index contributed by atoms with van der Waals surface area (Å²) >= 11 is 1.77. The fourth-order valence-corrected chi connectivity index (χ4v) is 2.90. The highest BCUT2D eigenvalue weighted by Crippen LogP contribution is 2.33. The summed E-state index contributed by atoms with van der Waals surface area (Å²) < 4.78 is 1.32. The Morgan fingerprint density at radius 2 is 2.06 bits per heavy atom. The van der Waals surface area contributed by atoms with Crippen LogP contribution in [-0.4, -0.2) is 10.2 Å². The molecule has 1 N–H and O–H groups in total. The molecule has 2 nitrogen and oxygen atoms in total. The molecule has 0 atom stereocenters. The number of nitrogens with one attached hydrogen (secondary N) is 1. The highest BCUT2D eigenvalue weighted by atomic mass is 32.1. The van der Waals surface area contributed by atoms with Gasteiger partial charge in [0, 0.05) is 26.7 Å². The summed E-state index contributed by atoms with van der Waals surface area (Å²) in [6.07, 6.45) is 0. The van der Waals surface area contributed by atoms with E-state index in [-0.39, 0.29) is 0 Å². The molecule has 2 aromatic heterocycles. The van der Waals surface area contributed by atoms with E-state index in [4.69, 9.17) is 0 Å². The molecule has 0 aliphatic carbocycles. The van der Waals surface area contributed by atoms with Crippen molar-refractivity contribution in [2.24, 2.45) is 0 Å². The van der Waals surface area contributed by atoms with Crippen LogP contribution >= 0.6 is 11.3 Å². The Bertz CT molecular complexity index is 649. The lowest BCUT2D eigenvalue weighted by Gasteiger charge is -1.96. The van der Waals surface area contributed by atoms with E-state index in [9.17, 15) is 0 Å². The fraction of sp³-hybridized carbons (Fsp3) is 0.214. The van der Waals surface area contributed by atoms with Crippen molar-refractivity contribution in [2.45, 2.75) is 19.8 Å². The third-order valence-corrected chi connectivity index (χ3v) is 3.94. The van der Waals surface area contributed by atoms with Crippen LogP contribution in [-0.2, 0) is 0 Å². The van der Waals surface area contributed by atoms with Crippen molar-refractivity contribution in [3.63, 3.8) is 0 Å². The molecule has 17 heavy (non-hydrogen) atoms. The van der Waals surface area contributed by atoms with Crippen molar-refractivity contribution in [1.29, 1.82) is 0 Å². The highest BCUT2D eigenvalue weighted by Gasteiger charge is 2.10. The van der Waals surface area contributed by atoms with Gasteiger partial charge in [0.1, 0.15) is 0 Å². The number of H-pyrrole nitrogens is 1. The van der Waals surface area contributed by atoms with Crippen molar-refractivity contribution < 1.29 is 0 Å². The van der Waals surface area contributed by atoms with Crippen molar-refractivity contribution in [3.8, 4) is 11.3 Å². The van der Waals surface area contributed by atoms with Crippen molar-refractivity contribution >= 4 is 21.4 Å². The Labute approximate surface area is 104 Å². The summed E-state index contributed by atoms with van der Waals surface area (Å²) in [4.78, 5) is 0. The van der Waals surface area contributed by atoms with Crippen LogP contribution in [0.4, 0.5) is 0 Å². The highest BCUT2D eigenvalue weighted by molar-refractivity contribution is 7.17. The maximum Gasteiger partial charge on any atom is 0.0938 e. The standard InChI is InChI=1S/C14H14N2S/c1-9(2)12-7-13(16-15-12)11-8-17-14-6-4-3-5-10(11)14/h3-9H,1-2H3,(H,15,16). The van der Waals surface area contributed by atoms with Gasteiger partial charge in [-0.2, -0.15) is 5.10 Å². The molecule has 0 fully saturated rings. The largest absolute Gasteiger partial charge is 0.282 e. The second kappa shape index (κ2) is 4.00. The third kappa shape index (κ3) is 1.76. The molecule has 0 saturated carbocycles. The Hall–Kier alpha value is -1.61. The lowest BCUT2D eigenvalue weighted by Crippen LogP contribution is -1.85. The molecule has 0 spiro atoms. The van der Waals surface area contributed by atoms with Crippen molar-refractivity contribution in [2.75, 3.05) is 0 Å². The average molecular weight is 242 g/mol. The first kappa shape index (κ1) is 10.5. The predicted molar refractivity (Wildman–Crippen MR) is 73.5 cm³/mol. The first-order valence-electron chi connectivity index (χ1n) is 5.77. The molecule has 0 radical (unpaired) electrons. The van der Waals surface area contributed by atoms with Crippen LogP contribution in [0.3, 0.4) is 0 Å². The van der Waals surface area contributed by atoms with Gasteiger partial charge in [-0.05, 0) is 18.1 Å². The number of rotatable bonds is 2. The van der Waals surface area contributed by atoms with Gasteiger partial charge in [0.15, 0.2) is 0 Å². The van der Waals surface area contributed by atoms with Crippen LogP contribution in [0.15, 0.2) is 35.7 Å². The van der Waals surface area contributed by atoms with E-state index < -0.39 is 0 Å². The lowest BCUT2D eigenvalue weighted by atomic mass is 10.1. The van der Waals surface area contributed by atoms with Crippen LogP contribution in [0.25, 0.3) is 21.3 Å². The molecule has 0 unspecified atom stereocenters. The molecule has 1 aromatic carbocycles. The molecule has 0 amide bonds. The van der Waals surface area contributed by atoms with Gasteiger partial charge in [-0.3, -0.25) is 5.10 Å². The van der Waals surface area contributed by atoms with Gasteiger partial charge < -0.3 is 0 Å². The molecule has 3 aromatic rings. The van der Waals surface area contributed by atoms with Crippen molar-refractivity contribution in [1.82, 2.24) is 10.2 Å². The number of aromatic nitrogens is 2. The number of benzene rings is 1. The third-order valence-electron chi connectivity index (χ3n) is 2.98. The van der Waals surface area contributed by atoms with Gasteiger partial charge in [0.2, 0.25) is 0 Å². The monoisotopic (exact) mass is 242 g/mol. The molecule has 3 rings (SSSR count). The number of hydrogen-bond acceptors (Lipinski definition) is 2. The zero-order valence-electron chi connectivity index (χ0n) is 9.90. The number of fused-ring (bicyclic) bond motifs is 1. The van der Waals surface area contributed by atoms with E-state index in [0.717, 1.165) is 5.69 Å². The van der Waals surface area contributed by atoms with Crippen LogP contribution in [0, 0.1) is 0 Å². The molecular formula is C14H14N2S. The summed E-state index contributed by atoms with van der Waals surface area (Å²) in [6.45, 7) is 4.34. The first-order valence-corrected chi connectivity index (χ1v) is 6.65. The molecule has 2 heterocycles. The summed E-state index contributed by atoms with van der Waals surface area (Å²) in [5, 5.41) is 11.0. The topological polar surface area (TPSA) is 28.7 Å². The van der Waals surface area contributed by atoms with E-state index in [2.05, 4.69) is 59.8 Å². The van der Waals surface area contributed by atoms with Crippen LogP contribution in [0.5, 0.6) is 0 Å². The number of nitrogens with zero attached hydrogens (tertiary/aromatic N) is 1. The normalized spacial score (nSPS) is 11.5. The summed E-state index contributed by atoms with van der Waals surface area (Å²) in [5.41, 5.74) is 3.47. The van der Waals surface area contributed by atoms with Crippen LogP contribution in [0.1, 0.15) is 25.5 Å². The lowest BCUT2D eigenvalue weighted by molar-refractivity contribution is 0.811. The van der Waals surface area contributed by atoms with E-state index in [1.54, 1.807) is 11.3 Å². The minimum absolute atomic E-state index is 0.487. The maximum absolute atomic E-state index is 4.41. The minimum atomic E-state index is 0.487. The summed E-state index contributed by atoms with van der Waals surface area (Å²) in [7, 11) is 0. The second-order valence-corrected chi connectivity index (χ2v) is 5.42. The number of aromatic amines is 1. The predicted octanol–water partition coefficient (Wildman–Crippen LogP) is 4.41. The van der Waals surface area contributed by atoms with E-state index in [1.807, 2.05) is 0 Å². The Kier molecular flexibility index (Phi) is 2.48. The van der Waals surface area contributed by atoms with Gasteiger partial charge in [-0.15, -0.1) is 11.3 Å². The van der Waals surface area contributed by atoms with E-state index in [1.165, 1.54) is 21.3 Å². The summed E-state index contributed by atoms with van der Waals surface area (Å²) in [6, 6.07) is 10.6. The molecular weight excluding hydrogens is 228 g/mol. The Morgan fingerprint density at radius 3 is 2.82 bits per heavy atom. The SMILES string of the molecule is CC(C)c1cc(-c2csc3ccccc23)n[nH]1. The van der Waals surface area contributed by atoms with Crippen LogP contribution in [0.2, 0.25) is 0 Å². The average Bonchev–Trinajstić information content (AvgIpc) is 2.95. The maximum atomic E-state index is 4.41. The van der Waals surface area contributed by atoms with Gasteiger partial charge in [0.25, 0.3) is 0 Å². The van der Waals surface area contributed by atoms with Crippen LogP contribution < -0.4 is 0 Å². The Balaban J connectivity index is 2.14. The van der Waals surface area contributed by atoms with Gasteiger partial charge >= 0.3 is 0 Å². The Morgan fingerprint density at radius 1 is 1.24 bits per heavy atom. The molecule has 0 aliphatic heterocycles. The molecule has 0 aliphatic rings. The molecule has 86 valence electrons. The van der Waals surface area contributed by atoms with Crippen molar-refractivity contribution in [3.05, 3.63) is 41.4 Å². The molecule has 0 saturated heterocycles. The number of hydrogen-bond donors (Lipinski definition) is 1. The smallest absolute Gasteiger partial charge is 0.0938 e. The second-order valence-electron chi connectivity index (χ2n) is 4.51. The zero-order chi connectivity index (χ0) is 11.8. The van der Waals surface area contributed by atoms with Gasteiger partial charge in [0.05, 0.1) is 5.69 Å². The van der Waals surface area contributed by atoms with Gasteiger partial charge in [-0.25, -0.2) is 0 Å². The fourth-order valence-electron chi connectivity index (χ4n) is 1.95. The first-order chi connectivity index (χ1) is 8.25. The molecule has 0 bridgehead atoms. The minimum Gasteiger partial charge on any atom is -0.282 e. The van der Waals surface area contributed by atoms with E-state index in [0.29, 0.717) is 5.92 Å².